The molecular formula is C34H43N3O5. The average Bonchev–Trinajstić information content (AvgIpc) is 3.29. The Bertz CT molecular complexity index is 1430. The monoisotopic (exact) mass is 573 g/mol. The summed E-state index contributed by atoms with van der Waals surface area (Å²) in [4.78, 5) is 36.7. The molecule has 1 saturated heterocycles. The van der Waals surface area contributed by atoms with Crippen LogP contribution in [-0.4, -0.2) is 46.9 Å². The molecule has 2 heterocycles. The predicted octanol–water partition coefficient (Wildman–Crippen LogP) is 6.92. The van der Waals surface area contributed by atoms with Gasteiger partial charge < -0.3 is 19.4 Å². The maximum atomic E-state index is 13.6. The number of fused-ring (bicyclic) bond motifs is 2. The molecule has 0 radical (unpaired) electrons. The highest BCUT2D eigenvalue weighted by Gasteiger charge is 2.32. The highest BCUT2D eigenvalue weighted by atomic mass is 16.8. The van der Waals surface area contributed by atoms with Crippen molar-refractivity contribution in [1.82, 2.24) is 15.4 Å². The van der Waals surface area contributed by atoms with Crippen molar-refractivity contribution in [3.8, 4) is 0 Å². The lowest BCUT2D eigenvalue weighted by Gasteiger charge is -2.37. The van der Waals surface area contributed by atoms with Gasteiger partial charge in [-0.3, -0.25) is 4.79 Å². The fraction of sp³-hybridized carbons (Fsp3) is 0.471. The number of rotatable bonds is 8. The Labute approximate surface area is 248 Å². The van der Waals surface area contributed by atoms with Crippen molar-refractivity contribution >= 4 is 29.0 Å². The summed E-state index contributed by atoms with van der Waals surface area (Å²) in [6.07, 6.45) is 8.89. The first kappa shape index (κ1) is 29.9. The van der Waals surface area contributed by atoms with Crippen molar-refractivity contribution in [1.29, 1.82) is 0 Å². The standard InChI is InChI=1S/C34H43N3O5/c1-23-26(28-11-5-6-12-29(28)35-23)19-20-37(33(39)41-34(2,3)4)30-13-9-10-25-22-24(15-17-27(25)30)16-18-31(38)36-42-32-14-7-8-21-40-32/h5-6,11-12,15-18,22,30,32,35H,7-10,13-14,19-21H2,1-4H3,(H,36,38)/b18-16+. The summed E-state index contributed by atoms with van der Waals surface area (Å²) < 4.78 is 11.4. The first-order valence-corrected chi connectivity index (χ1v) is 15.1. The lowest BCUT2D eigenvalue weighted by atomic mass is 9.85. The van der Waals surface area contributed by atoms with Crippen LogP contribution in [0.5, 0.6) is 0 Å². The minimum absolute atomic E-state index is 0.0840. The number of amides is 2. The van der Waals surface area contributed by atoms with E-state index >= 15 is 0 Å². The second-order valence-corrected chi connectivity index (χ2v) is 12.3. The lowest BCUT2D eigenvalue weighted by molar-refractivity contribution is -0.198. The minimum atomic E-state index is -0.592. The number of H-pyrrole nitrogens is 1. The number of aromatic nitrogens is 1. The zero-order valence-electron chi connectivity index (χ0n) is 25.2. The Balaban J connectivity index is 1.32. The maximum Gasteiger partial charge on any atom is 0.410 e. The molecule has 0 spiro atoms. The van der Waals surface area contributed by atoms with Crippen LogP contribution in [0.1, 0.15) is 86.9 Å². The third-order valence-corrected chi connectivity index (χ3v) is 7.94. The number of carbonyl (C=O) groups excluding carboxylic acids is 2. The molecule has 224 valence electrons. The van der Waals surface area contributed by atoms with Gasteiger partial charge in [0.15, 0.2) is 6.29 Å². The molecule has 2 aromatic carbocycles. The molecule has 3 aromatic rings. The van der Waals surface area contributed by atoms with Gasteiger partial charge in [0.2, 0.25) is 0 Å². The van der Waals surface area contributed by atoms with Crippen LogP contribution in [-0.2, 0) is 31.9 Å². The largest absolute Gasteiger partial charge is 0.444 e. The summed E-state index contributed by atoms with van der Waals surface area (Å²) in [7, 11) is 0. The highest BCUT2D eigenvalue weighted by Crippen LogP contribution is 2.36. The summed E-state index contributed by atoms with van der Waals surface area (Å²) in [6, 6.07) is 14.4. The van der Waals surface area contributed by atoms with Crippen LogP contribution in [0.2, 0.25) is 0 Å². The van der Waals surface area contributed by atoms with Crippen LogP contribution < -0.4 is 5.48 Å². The Kier molecular flexibility index (Phi) is 9.34. The van der Waals surface area contributed by atoms with Crippen LogP contribution in [0.25, 0.3) is 17.0 Å². The van der Waals surface area contributed by atoms with Gasteiger partial charge in [-0.05, 0) is 101 Å². The van der Waals surface area contributed by atoms with E-state index < -0.39 is 5.60 Å². The Hall–Kier alpha value is -3.62. The van der Waals surface area contributed by atoms with E-state index in [2.05, 4.69) is 47.7 Å². The van der Waals surface area contributed by atoms with E-state index in [9.17, 15) is 9.59 Å². The molecule has 1 aliphatic carbocycles. The van der Waals surface area contributed by atoms with Crippen LogP contribution in [0, 0.1) is 6.92 Å². The molecule has 2 N–H and O–H groups in total. The predicted molar refractivity (Wildman–Crippen MR) is 164 cm³/mol. The molecule has 0 bridgehead atoms. The number of aromatic amines is 1. The summed E-state index contributed by atoms with van der Waals surface area (Å²) in [5.41, 5.74) is 8.60. The summed E-state index contributed by atoms with van der Waals surface area (Å²) in [5, 5.41) is 1.19. The van der Waals surface area contributed by atoms with Gasteiger partial charge in [-0.1, -0.05) is 36.4 Å². The second-order valence-electron chi connectivity index (χ2n) is 12.3. The van der Waals surface area contributed by atoms with E-state index in [0.29, 0.717) is 13.2 Å². The van der Waals surface area contributed by atoms with E-state index in [1.807, 2.05) is 37.8 Å². The van der Waals surface area contributed by atoms with Gasteiger partial charge in [-0.25, -0.2) is 15.1 Å². The number of aryl methyl sites for hydroxylation is 2. The first-order valence-electron chi connectivity index (χ1n) is 15.1. The molecule has 42 heavy (non-hydrogen) atoms. The van der Waals surface area contributed by atoms with Gasteiger partial charge in [-0.2, -0.15) is 0 Å². The fourth-order valence-corrected chi connectivity index (χ4v) is 5.95. The maximum absolute atomic E-state index is 13.6. The smallest absolute Gasteiger partial charge is 0.410 e. The molecule has 1 aliphatic heterocycles. The van der Waals surface area contributed by atoms with Gasteiger partial charge in [0.25, 0.3) is 5.91 Å². The number of para-hydroxylation sites is 1. The Morgan fingerprint density at radius 3 is 2.74 bits per heavy atom. The number of carbonyl (C=O) groups is 2. The van der Waals surface area contributed by atoms with E-state index in [4.69, 9.17) is 14.3 Å². The van der Waals surface area contributed by atoms with Crippen molar-refractivity contribution in [2.75, 3.05) is 13.2 Å². The van der Waals surface area contributed by atoms with Crippen LogP contribution in [0.4, 0.5) is 4.79 Å². The Morgan fingerprint density at radius 2 is 1.95 bits per heavy atom. The first-order chi connectivity index (χ1) is 20.2. The summed E-state index contributed by atoms with van der Waals surface area (Å²) in [5.74, 6) is -0.330. The number of benzene rings is 2. The SMILES string of the molecule is Cc1[nH]c2ccccc2c1CCN(C(=O)OC(C)(C)C)C1CCCc2cc(/C=C/C(=O)NOC3CCCCO3)ccc21. The van der Waals surface area contributed by atoms with Crippen LogP contribution in [0.3, 0.4) is 0 Å². The van der Waals surface area contributed by atoms with Crippen LogP contribution >= 0.6 is 0 Å². The van der Waals surface area contributed by atoms with Gasteiger partial charge >= 0.3 is 6.09 Å². The zero-order chi connectivity index (χ0) is 29.7. The van der Waals surface area contributed by atoms with E-state index in [1.54, 1.807) is 6.08 Å². The van der Waals surface area contributed by atoms with Gasteiger partial charge in [0, 0.05) is 42.2 Å². The third-order valence-electron chi connectivity index (χ3n) is 7.94. The van der Waals surface area contributed by atoms with Crippen molar-refractivity contribution in [3.05, 3.63) is 76.5 Å². The molecular weight excluding hydrogens is 530 g/mol. The quantitative estimate of drug-likeness (QED) is 0.225. The van der Waals surface area contributed by atoms with Gasteiger partial charge in [0.1, 0.15) is 5.60 Å². The number of ether oxygens (including phenoxy) is 2. The van der Waals surface area contributed by atoms with Crippen molar-refractivity contribution < 1.29 is 23.9 Å². The Morgan fingerprint density at radius 1 is 1.12 bits per heavy atom. The molecule has 8 heteroatoms. The van der Waals surface area contributed by atoms with Gasteiger partial charge in [0.05, 0.1) is 6.04 Å². The second kappa shape index (κ2) is 13.1. The molecule has 5 rings (SSSR count). The molecule has 2 amide bonds. The molecule has 2 unspecified atom stereocenters. The van der Waals surface area contributed by atoms with Gasteiger partial charge in [-0.15, -0.1) is 0 Å². The zero-order valence-corrected chi connectivity index (χ0v) is 25.2. The summed E-state index contributed by atoms with van der Waals surface area (Å²) in [6.45, 7) is 9.01. The number of hydroxylamine groups is 1. The fourth-order valence-electron chi connectivity index (χ4n) is 5.95. The van der Waals surface area contributed by atoms with Crippen molar-refractivity contribution in [2.24, 2.45) is 0 Å². The lowest BCUT2D eigenvalue weighted by Crippen LogP contribution is -2.41. The molecule has 2 aliphatic rings. The minimum Gasteiger partial charge on any atom is -0.444 e. The number of hydrogen-bond acceptors (Lipinski definition) is 5. The molecule has 2 atom stereocenters. The van der Waals surface area contributed by atoms with Crippen LogP contribution in [0.15, 0.2) is 48.5 Å². The molecule has 0 saturated carbocycles. The van der Waals surface area contributed by atoms with Crippen molar-refractivity contribution in [2.45, 2.75) is 90.6 Å². The molecule has 1 aromatic heterocycles. The average molecular weight is 574 g/mol. The number of nitrogens with one attached hydrogen (secondary N) is 2. The number of hydrogen-bond donors (Lipinski definition) is 2. The molecule has 1 fully saturated rings. The summed E-state index contributed by atoms with van der Waals surface area (Å²) >= 11 is 0. The number of nitrogens with zero attached hydrogens (tertiary/aromatic N) is 1. The third kappa shape index (κ3) is 7.41. The highest BCUT2D eigenvalue weighted by molar-refractivity contribution is 5.91. The van der Waals surface area contributed by atoms with E-state index in [1.165, 1.54) is 22.6 Å². The van der Waals surface area contributed by atoms with E-state index in [-0.39, 0.29) is 24.3 Å². The van der Waals surface area contributed by atoms with Crippen molar-refractivity contribution in [3.63, 3.8) is 0 Å². The molecule has 8 nitrogen and oxygen atoms in total. The normalized spacial score (nSPS) is 19.0. The topological polar surface area (TPSA) is 92.9 Å². The van der Waals surface area contributed by atoms with E-state index in [0.717, 1.165) is 67.3 Å².